The van der Waals surface area contributed by atoms with E-state index in [9.17, 15) is 9.59 Å². The van der Waals surface area contributed by atoms with Crippen LogP contribution in [0.2, 0.25) is 0 Å². The molecule has 0 saturated heterocycles. The summed E-state index contributed by atoms with van der Waals surface area (Å²) in [5.74, 6) is -0.672. The Morgan fingerprint density at radius 3 is 2.79 bits per heavy atom. The van der Waals surface area contributed by atoms with Gasteiger partial charge in [0.15, 0.2) is 5.78 Å². The molecule has 0 saturated carbocycles. The summed E-state index contributed by atoms with van der Waals surface area (Å²) >= 11 is 0. The summed E-state index contributed by atoms with van der Waals surface area (Å²) in [7, 11) is 1.86. The van der Waals surface area contributed by atoms with Crippen molar-refractivity contribution in [2.75, 3.05) is 6.61 Å². The molecule has 3 rings (SSSR count). The summed E-state index contributed by atoms with van der Waals surface area (Å²) in [4.78, 5) is 25.3. The number of aromatic nitrogens is 2. The third-order valence-electron chi connectivity index (χ3n) is 4.86. The number of carbonyl (C=O) groups is 2. The molecule has 1 N–H and O–H groups in total. The molecule has 0 radical (unpaired) electrons. The fourth-order valence-electron chi connectivity index (χ4n) is 3.57. The highest BCUT2D eigenvalue weighted by molar-refractivity contribution is 6.03. The van der Waals surface area contributed by atoms with E-state index in [0.29, 0.717) is 24.2 Å². The maximum absolute atomic E-state index is 12.7. The van der Waals surface area contributed by atoms with Crippen molar-refractivity contribution in [1.82, 2.24) is 15.1 Å². The molecule has 1 aromatic heterocycles. The number of rotatable bonds is 3. The maximum atomic E-state index is 12.7. The summed E-state index contributed by atoms with van der Waals surface area (Å²) in [5.41, 5.74) is 4.75. The summed E-state index contributed by atoms with van der Waals surface area (Å²) in [5, 5.41) is 7.58. The third-order valence-corrected chi connectivity index (χ3v) is 4.86. The van der Waals surface area contributed by atoms with E-state index in [2.05, 4.69) is 10.4 Å². The van der Waals surface area contributed by atoms with E-state index in [1.165, 1.54) is 0 Å². The van der Waals surface area contributed by atoms with Crippen LogP contribution in [-0.4, -0.2) is 28.1 Å². The molecule has 0 amide bonds. The van der Waals surface area contributed by atoms with E-state index >= 15 is 0 Å². The molecular weight excluding hydrogens is 306 g/mol. The van der Waals surface area contributed by atoms with Crippen LogP contribution >= 0.6 is 0 Å². The Morgan fingerprint density at radius 2 is 2.17 bits per heavy atom. The van der Waals surface area contributed by atoms with Gasteiger partial charge in [-0.1, -0.05) is 0 Å². The Balaban J connectivity index is 2.19. The number of allylic oxidation sites excluding steroid dienone is 3. The average molecular weight is 329 g/mol. The minimum Gasteiger partial charge on any atom is -0.463 e. The molecule has 0 bridgehead atoms. The van der Waals surface area contributed by atoms with Crippen LogP contribution in [-0.2, 0) is 21.4 Å². The Labute approximate surface area is 141 Å². The third kappa shape index (κ3) is 2.56. The first kappa shape index (κ1) is 16.5. The van der Waals surface area contributed by atoms with E-state index < -0.39 is 5.92 Å². The fourth-order valence-corrected chi connectivity index (χ4v) is 3.57. The largest absolute Gasteiger partial charge is 0.463 e. The quantitative estimate of drug-likeness (QED) is 0.861. The number of nitrogens with one attached hydrogen (secondary N) is 1. The molecule has 1 aliphatic carbocycles. The van der Waals surface area contributed by atoms with Gasteiger partial charge < -0.3 is 10.1 Å². The number of ether oxygens (including phenoxy) is 1. The Morgan fingerprint density at radius 1 is 1.42 bits per heavy atom. The topological polar surface area (TPSA) is 73.2 Å². The van der Waals surface area contributed by atoms with Crippen LogP contribution in [0.1, 0.15) is 50.3 Å². The number of Topliss-reactive ketones (excluding diaryl/α,β-unsaturated/α-hetero) is 1. The van der Waals surface area contributed by atoms with Crippen LogP contribution in [0.5, 0.6) is 0 Å². The smallest absolute Gasteiger partial charge is 0.336 e. The number of hydrogen-bond donors (Lipinski definition) is 1. The first-order valence-electron chi connectivity index (χ1n) is 8.35. The second kappa shape index (κ2) is 6.26. The highest BCUT2D eigenvalue weighted by Gasteiger charge is 2.40. The minimum atomic E-state index is -0.401. The van der Waals surface area contributed by atoms with Crippen LogP contribution in [0.3, 0.4) is 0 Å². The van der Waals surface area contributed by atoms with Gasteiger partial charge in [-0.2, -0.15) is 5.10 Å². The molecule has 1 aliphatic heterocycles. The number of aryl methyl sites for hydroxylation is 1. The van der Waals surface area contributed by atoms with Crippen LogP contribution in [0.4, 0.5) is 0 Å². The first-order chi connectivity index (χ1) is 11.5. The summed E-state index contributed by atoms with van der Waals surface area (Å²) in [6.07, 6.45) is 3.94. The minimum absolute atomic E-state index is 0.103. The van der Waals surface area contributed by atoms with Crippen molar-refractivity contribution in [1.29, 1.82) is 0 Å². The van der Waals surface area contributed by atoms with Gasteiger partial charge in [0.1, 0.15) is 0 Å². The number of nitrogens with zero attached hydrogens (tertiary/aromatic N) is 2. The SMILES string of the molecule is CCOC(=O)C1=C(C)NC2=C(C(=O)CCC2)C1c1cnn(C)c1C. The van der Waals surface area contributed by atoms with Crippen molar-refractivity contribution >= 4 is 11.8 Å². The van der Waals surface area contributed by atoms with Crippen molar-refractivity contribution in [3.8, 4) is 0 Å². The summed E-state index contributed by atoms with van der Waals surface area (Å²) < 4.78 is 7.03. The van der Waals surface area contributed by atoms with E-state index in [0.717, 1.165) is 35.5 Å². The molecule has 0 spiro atoms. The van der Waals surface area contributed by atoms with E-state index in [4.69, 9.17) is 4.74 Å². The fraction of sp³-hybridized carbons (Fsp3) is 0.500. The lowest BCUT2D eigenvalue weighted by Crippen LogP contribution is -2.34. The lowest BCUT2D eigenvalue weighted by atomic mass is 9.75. The van der Waals surface area contributed by atoms with Crippen molar-refractivity contribution in [3.63, 3.8) is 0 Å². The highest BCUT2D eigenvalue weighted by Crippen LogP contribution is 2.43. The Hall–Kier alpha value is -2.37. The molecule has 6 heteroatoms. The zero-order valence-corrected chi connectivity index (χ0v) is 14.6. The van der Waals surface area contributed by atoms with E-state index in [1.54, 1.807) is 17.8 Å². The number of esters is 1. The van der Waals surface area contributed by atoms with Gasteiger partial charge in [0.05, 0.1) is 24.3 Å². The van der Waals surface area contributed by atoms with Gasteiger partial charge in [0.2, 0.25) is 0 Å². The standard InChI is InChI=1S/C18H23N3O3/c1-5-24-18(23)15-10(2)20-13-7-6-8-14(22)17(13)16(15)12-9-19-21(4)11(12)3/h9,16,20H,5-8H2,1-4H3. The average Bonchev–Trinajstić information content (AvgIpc) is 2.86. The molecule has 1 aromatic rings. The van der Waals surface area contributed by atoms with Gasteiger partial charge in [-0.25, -0.2) is 4.79 Å². The zero-order valence-electron chi connectivity index (χ0n) is 14.6. The van der Waals surface area contributed by atoms with Crippen molar-refractivity contribution in [3.05, 3.63) is 40.0 Å². The van der Waals surface area contributed by atoms with Gasteiger partial charge in [-0.15, -0.1) is 0 Å². The molecule has 0 aromatic carbocycles. The summed E-state index contributed by atoms with van der Waals surface area (Å²) in [6, 6.07) is 0. The second-order valence-corrected chi connectivity index (χ2v) is 6.30. The number of ketones is 1. The molecule has 2 heterocycles. The van der Waals surface area contributed by atoms with Gasteiger partial charge >= 0.3 is 5.97 Å². The zero-order chi connectivity index (χ0) is 17.4. The molecule has 1 unspecified atom stereocenters. The Kier molecular flexibility index (Phi) is 4.30. The molecular formula is C18H23N3O3. The predicted octanol–water partition coefficient (Wildman–Crippen LogP) is 2.26. The van der Waals surface area contributed by atoms with Crippen LogP contribution < -0.4 is 5.32 Å². The normalized spacial score (nSPS) is 20.8. The first-order valence-corrected chi connectivity index (χ1v) is 8.35. The van der Waals surface area contributed by atoms with Crippen LogP contribution in [0.15, 0.2) is 28.7 Å². The molecule has 24 heavy (non-hydrogen) atoms. The molecule has 2 aliphatic rings. The van der Waals surface area contributed by atoms with Crippen molar-refractivity contribution in [2.24, 2.45) is 7.05 Å². The molecule has 0 fully saturated rings. The second-order valence-electron chi connectivity index (χ2n) is 6.30. The summed E-state index contributed by atoms with van der Waals surface area (Å²) in [6.45, 7) is 5.91. The Bertz CT molecular complexity index is 770. The highest BCUT2D eigenvalue weighted by atomic mass is 16.5. The van der Waals surface area contributed by atoms with E-state index in [-0.39, 0.29) is 11.8 Å². The van der Waals surface area contributed by atoms with Gasteiger partial charge in [-0.3, -0.25) is 9.48 Å². The number of carbonyl (C=O) groups excluding carboxylic acids is 2. The van der Waals surface area contributed by atoms with Gasteiger partial charge in [0, 0.05) is 41.7 Å². The van der Waals surface area contributed by atoms with Crippen LogP contribution in [0, 0.1) is 6.92 Å². The van der Waals surface area contributed by atoms with E-state index in [1.807, 2.05) is 20.9 Å². The lowest BCUT2D eigenvalue weighted by molar-refractivity contribution is -0.138. The van der Waals surface area contributed by atoms with Crippen molar-refractivity contribution in [2.45, 2.75) is 46.0 Å². The van der Waals surface area contributed by atoms with Gasteiger partial charge in [0.25, 0.3) is 0 Å². The van der Waals surface area contributed by atoms with Crippen LogP contribution in [0.25, 0.3) is 0 Å². The van der Waals surface area contributed by atoms with Gasteiger partial charge in [-0.05, 0) is 33.6 Å². The number of hydrogen-bond acceptors (Lipinski definition) is 5. The molecule has 1 atom stereocenters. The number of dihydropyridines is 1. The lowest BCUT2D eigenvalue weighted by Gasteiger charge is -2.33. The predicted molar refractivity (Wildman–Crippen MR) is 89.0 cm³/mol. The van der Waals surface area contributed by atoms with Crippen molar-refractivity contribution < 1.29 is 14.3 Å². The maximum Gasteiger partial charge on any atom is 0.336 e. The molecule has 128 valence electrons. The molecule has 6 nitrogen and oxygen atoms in total. The monoisotopic (exact) mass is 329 g/mol.